The molecular formula is C27H39N3O. The first-order chi connectivity index (χ1) is 14.8. The van der Waals surface area contributed by atoms with Gasteiger partial charge in [-0.3, -0.25) is 0 Å². The van der Waals surface area contributed by atoms with Crippen LogP contribution < -0.4 is 10.2 Å². The molecule has 1 unspecified atom stereocenters. The van der Waals surface area contributed by atoms with Crippen LogP contribution in [0.3, 0.4) is 0 Å². The Labute approximate surface area is 188 Å². The molecule has 1 saturated heterocycles. The van der Waals surface area contributed by atoms with E-state index in [1.165, 1.54) is 29.5 Å². The summed E-state index contributed by atoms with van der Waals surface area (Å²) in [6.45, 7) is 12.5. The van der Waals surface area contributed by atoms with Crippen LogP contribution in [0.4, 0.5) is 5.82 Å². The van der Waals surface area contributed by atoms with Crippen molar-refractivity contribution in [1.29, 1.82) is 0 Å². The number of benzene rings is 1. The third kappa shape index (κ3) is 4.80. The molecule has 1 fully saturated rings. The molecule has 2 aromatic rings. The van der Waals surface area contributed by atoms with Crippen LogP contribution in [-0.4, -0.2) is 42.4 Å². The Morgan fingerprint density at radius 2 is 1.77 bits per heavy atom. The van der Waals surface area contributed by atoms with E-state index < -0.39 is 0 Å². The first-order valence-corrected chi connectivity index (χ1v) is 12.0. The van der Waals surface area contributed by atoms with Crippen molar-refractivity contribution >= 4 is 5.82 Å². The van der Waals surface area contributed by atoms with Gasteiger partial charge in [0.25, 0.3) is 0 Å². The SMILES string of the molecule is CC1(C)CCC(C)(C)c2cc(-c3cccc(N4CCCC(NCCO)CC4)n3)ccc21. The molecule has 4 rings (SSSR count). The average Bonchev–Trinajstić information content (AvgIpc) is 3.01. The van der Waals surface area contributed by atoms with E-state index in [4.69, 9.17) is 10.1 Å². The number of aliphatic hydroxyl groups excluding tert-OH is 1. The Hall–Kier alpha value is -1.91. The van der Waals surface area contributed by atoms with Gasteiger partial charge in [0, 0.05) is 31.2 Å². The van der Waals surface area contributed by atoms with Crippen molar-refractivity contribution in [3.63, 3.8) is 0 Å². The van der Waals surface area contributed by atoms with E-state index in [1.54, 1.807) is 0 Å². The molecule has 2 aliphatic rings. The molecule has 0 amide bonds. The fourth-order valence-electron chi connectivity index (χ4n) is 5.31. The van der Waals surface area contributed by atoms with Gasteiger partial charge in [0.05, 0.1) is 12.3 Å². The summed E-state index contributed by atoms with van der Waals surface area (Å²) in [5, 5.41) is 12.6. The van der Waals surface area contributed by atoms with Crippen LogP contribution in [0.15, 0.2) is 36.4 Å². The third-order valence-electron chi connectivity index (χ3n) is 7.48. The highest BCUT2D eigenvalue weighted by molar-refractivity contribution is 5.65. The Bertz CT molecular complexity index is 905. The van der Waals surface area contributed by atoms with Crippen LogP contribution in [0.2, 0.25) is 0 Å². The number of hydrogen-bond acceptors (Lipinski definition) is 4. The predicted octanol–water partition coefficient (Wildman–Crippen LogP) is 5.04. The van der Waals surface area contributed by atoms with E-state index in [0.29, 0.717) is 12.6 Å². The summed E-state index contributed by atoms with van der Waals surface area (Å²) >= 11 is 0. The van der Waals surface area contributed by atoms with Crippen LogP contribution >= 0.6 is 0 Å². The van der Waals surface area contributed by atoms with Gasteiger partial charge in [-0.15, -0.1) is 0 Å². The van der Waals surface area contributed by atoms with Gasteiger partial charge in [0.1, 0.15) is 5.82 Å². The van der Waals surface area contributed by atoms with E-state index in [2.05, 4.69) is 74.3 Å². The number of nitrogens with zero attached hydrogens (tertiary/aromatic N) is 2. The fourth-order valence-corrected chi connectivity index (χ4v) is 5.31. The lowest BCUT2D eigenvalue weighted by Gasteiger charge is -2.42. The van der Waals surface area contributed by atoms with E-state index in [1.807, 2.05) is 0 Å². The Kier molecular flexibility index (Phi) is 6.41. The van der Waals surface area contributed by atoms with Crippen LogP contribution in [0, 0.1) is 0 Å². The van der Waals surface area contributed by atoms with Crippen molar-refractivity contribution in [2.45, 2.75) is 76.7 Å². The summed E-state index contributed by atoms with van der Waals surface area (Å²) in [6.07, 6.45) is 5.86. The molecule has 0 bridgehead atoms. The normalized spacial score (nSPS) is 22.6. The Morgan fingerprint density at radius 3 is 2.55 bits per heavy atom. The summed E-state index contributed by atoms with van der Waals surface area (Å²) in [5.74, 6) is 1.08. The summed E-state index contributed by atoms with van der Waals surface area (Å²) in [4.78, 5) is 7.52. The lowest BCUT2D eigenvalue weighted by atomic mass is 9.63. The monoisotopic (exact) mass is 421 g/mol. The van der Waals surface area contributed by atoms with Crippen molar-refractivity contribution in [1.82, 2.24) is 10.3 Å². The highest BCUT2D eigenvalue weighted by atomic mass is 16.3. The first kappa shape index (κ1) is 22.3. The number of anilines is 1. The van der Waals surface area contributed by atoms with Gasteiger partial charge in [0.2, 0.25) is 0 Å². The lowest BCUT2D eigenvalue weighted by molar-refractivity contribution is 0.281. The van der Waals surface area contributed by atoms with Gasteiger partial charge < -0.3 is 15.3 Å². The second-order valence-electron chi connectivity index (χ2n) is 10.7. The number of hydrogen-bond donors (Lipinski definition) is 2. The minimum atomic E-state index is 0.207. The van der Waals surface area contributed by atoms with Crippen molar-refractivity contribution < 1.29 is 5.11 Å². The molecular weight excluding hydrogens is 382 g/mol. The maximum absolute atomic E-state index is 9.09. The fraction of sp³-hybridized carbons (Fsp3) is 0.593. The lowest BCUT2D eigenvalue weighted by Crippen LogP contribution is -2.33. The van der Waals surface area contributed by atoms with Crippen LogP contribution in [-0.2, 0) is 10.8 Å². The number of nitrogens with one attached hydrogen (secondary N) is 1. The van der Waals surface area contributed by atoms with E-state index in [-0.39, 0.29) is 17.4 Å². The maximum atomic E-state index is 9.09. The molecule has 2 heterocycles. The summed E-state index contributed by atoms with van der Waals surface area (Å²) in [5.41, 5.74) is 5.73. The van der Waals surface area contributed by atoms with Crippen LogP contribution in [0.5, 0.6) is 0 Å². The molecule has 31 heavy (non-hydrogen) atoms. The summed E-state index contributed by atoms with van der Waals surface area (Å²) in [6, 6.07) is 14.0. The van der Waals surface area contributed by atoms with Crippen molar-refractivity contribution in [3.05, 3.63) is 47.5 Å². The van der Waals surface area contributed by atoms with Gasteiger partial charge in [-0.05, 0) is 72.3 Å². The molecule has 0 radical (unpaired) electrons. The summed E-state index contributed by atoms with van der Waals surface area (Å²) < 4.78 is 0. The van der Waals surface area contributed by atoms with Gasteiger partial charge in [-0.1, -0.05) is 45.9 Å². The molecule has 2 N–H and O–H groups in total. The molecule has 1 aliphatic heterocycles. The molecule has 4 heteroatoms. The van der Waals surface area contributed by atoms with Gasteiger partial charge in [-0.2, -0.15) is 0 Å². The largest absolute Gasteiger partial charge is 0.395 e. The number of pyridine rings is 1. The van der Waals surface area contributed by atoms with E-state index >= 15 is 0 Å². The maximum Gasteiger partial charge on any atom is 0.129 e. The minimum absolute atomic E-state index is 0.207. The molecule has 1 aliphatic carbocycles. The van der Waals surface area contributed by atoms with E-state index in [0.717, 1.165) is 43.9 Å². The number of aromatic nitrogens is 1. The Balaban J connectivity index is 1.58. The molecule has 168 valence electrons. The molecule has 4 nitrogen and oxygen atoms in total. The number of aliphatic hydroxyl groups is 1. The minimum Gasteiger partial charge on any atom is -0.395 e. The van der Waals surface area contributed by atoms with Gasteiger partial charge in [-0.25, -0.2) is 4.98 Å². The van der Waals surface area contributed by atoms with Gasteiger partial charge >= 0.3 is 0 Å². The molecule has 1 atom stereocenters. The zero-order valence-corrected chi connectivity index (χ0v) is 19.7. The van der Waals surface area contributed by atoms with Crippen molar-refractivity contribution in [2.24, 2.45) is 0 Å². The van der Waals surface area contributed by atoms with Crippen molar-refractivity contribution in [2.75, 3.05) is 31.1 Å². The van der Waals surface area contributed by atoms with Gasteiger partial charge in [0.15, 0.2) is 0 Å². The quantitative estimate of drug-likeness (QED) is 0.710. The highest BCUT2D eigenvalue weighted by Gasteiger charge is 2.37. The average molecular weight is 422 g/mol. The topological polar surface area (TPSA) is 48.4 Å². The first-order valence-electron chi connectivity index (χ1n) is 12.0. The molecule has 1 aromatic carbocycles. The van der Waals surface area contributed by atoms with Crippen LogP contribution in [0.25, 0.3) is 11.3 Å². The molecule has 1 aromatic heterocycles. The predicted molar refractivity (Wildman–Crippen MR) is 130 cm³/mol. The molecule has 0 saturated carbocycles. The number of fused-ring (bicyclic) bond motifs is 1. The number of rotatable bonds is 5. The smallest absolute Gasteiger partial charge is 0.129 e. The standard InChI is InChI=1S/C27H39N3O/c1-26(2)13-14-27(3,4)23-19-20(10-11-22(23)26)24-8-5-9-25(29-24)30-16-6-7-21(12-17-30)28-15-18-31/h5,8-11,19,21,28,31H,6-7,12-18H2,1-4H3. The highest BCUT2D eigenvalue weighted by Crippen LogP contribution is 2.46. The zero-order valence-electron chi connectivity index (χ0n) is 19.7. The Morgan fingerprint density at radius 1 is 1.00 bits per heavy atom. The van der Waals surface area contributed by atoms with Crippen molar-refractivity contribution in [3.8, 4) is 11.3 Å². The van der Waals surface area contributed by atoms with Crippen LogP contribution in [0.1, 0.15) is 70.9 Å². The second-order valence-corrected chi connectivity index (χ2v) is 10.7. The zero-order chi connectivity index (χ0) is 22.1. The third-order valence-corrected chi connectivity index (χ3v) is 7.48. The molecule has 0 spiro atoms. The van der Waals surface area contributed by atoms with E-state index in [9.17, 15) is 0 Å². The second kappa shape index (κ2) is 8.91. The summed E-state index contributed by atoms with van der Waals surface area (Å²) in [7, 11) is 0.